The van der Waals surface area contributed by atoms with Gasteiger partial charge in [0.2, 0.25) is 0 Å². The van der Waals surface area contributed by atoms with Crippen LogP contribution in [0, 0.1) is 18.3 Å². The number of fused-ring (bicyclic) bond motifs is 1. The van der Waals surface area contributed by atoms with Crippen molar-refractivity contribution in [2.75, 3.05) is 5.32 Å². The Balaban J connectivity index is 0.00000141. The molecule has 0 unspecified atom stereocenters. The standard InChI is InChI=1S/C22H20ClF2N5.C2H6/c1-3-22(24,25)15-6-4-5-14(9-15)11-27-19-16-10-17(21(12-26)7-8-21)18(23)30-20(16)29-13(2)28-19;1-2/h4-6,9-10H,3,7-8,11H2,1-2H3,(H,27,28,29,30);1-2H3. The molecule has 2 aromatic heterocycles. The van der Waals surface area contributed by atoms with Gasteiger partial charge in [0.05, 0.1) is 16.9 Å². The number of rotatable bonds is 6. The number of aromatic nitrogens is 3. The zero-order chi connectivity index (χ0) is 23.5. The van der Waals surface area contributed by atoms with Crippen molar-refractivity contribution in [1.82, 2.24) is 15.0 Å². The van der Waals surface area contributed by atoms with E-state index in [4.69, 9.17) is 11.6 Å². The maximum Gasteiger partial charge on any atom is 0.273 e. The van der Waals surface area contributed by atoms with Crippen molar-refractivity contribution in [3.63, 3.8) is 0 Å². The summed E-state index contributed by atoms with van der Waals surface area (Å²) in [5.74, 6) is -1.82. The predicted octanol–water partition coefficient (Wildman–Crippen LogP) is 6.68. The quantitative estimate of drug-likeness (QED) is 0.418. The van der Waals surface area contributed by atoms with Gasteiger partial charge in [0.15, 0.2) is 5.65 Å². The molecule has 5 nitrogen and oxygen atoms in total. The topological polar surface area (TPSA) is 74.5 Å². The number of nitrogens with zero attached hydrogens (tertiary/aromatic N) is 4. The molecule has 0 radical (unpaired) electrons. The molecule has 0 bridgehead atoms. The van der Waals surface area contributed by atoms with E-state index in [1.807, 2.05) is 19.9 Å². The Morgan fingerprint density at radius 3 is 2.53 bits per heavy atom. The van der Waals surface area contributed by atoms with Gasteiger partial charge in [0, 0.05) is 24.1 Å². The summed E-state index contributed by atoms with van der Waals surface area (Å²) in [4.78, 5) is 13.2. The summed E-state index contributed by atoms with van der Waals surface area (Å²) in [7, 11) is 0. The molecule has 1 aromatic carbocycles. The van der Waals surface area contributed by atoms with Crippen LogP contribution >= 0.6 is 11.6 Å². The summed E-state index contributed by atoms with van der Waals surface area (Å²) in [5.41, 5.74) is 1.22. The lowest BCUT2D eigenvalue weighted by Crippen LogP contribution is -2.12. The fraction of sp³-hybridized carbons (Fsp3) is 0.417. The number of hydrogen-bond acceptors (Lipinski definition) is 5. The normalized spacial score (nSPS) is 14.3. The highest BCUT2D eigenvalue weighted by molar-refractivity contribution is 6.30. The summed E-state index contributed by atoms with van der Waals surface area (Å²) in [6, 6.07) is 10.5. The van der Waals surface area contributed by atoms with Gasteiger partial charge in [0.1, 0.15) is 16.8 Å². The van der Waals surface area contributed by atoms with Crippen LogP contribution in [-0.2, 0) is 17.9 Å². The molecule has 32 heavy (non-hydrogen) atoms. The van der Waals surface area contributed by atoms with Crippen LogP contribution in [0.15, 0.2) is 30.3 Å². The summed E-state index contributed by atoms with van der Waals surface area (Å²) >= 11 is 6.34. The minimum absolute atomic E-state index is 0.00606. The summed E-state index contributed by atoms with van der Waals surface area (Å²) in [5, 5.41) is 13.7. The molecule has 1 N–H and O–H groups in total. The summed E-state index contributed by atoms with van der Waals surface area (Å²) < 4.78 is 28.1. The number of nitrogens with one attached hydrogen (secondary N) is 1. The molecule has 1 aliphatic carbocycles. The summed E-state index contributed by atoms with van der Waals surface area (Å²) in [6.45, 7) is 7.51. The molecule has 1 saturated carbocycles. The Kier molecular flexibility index (Phi) is 6.94. The molecule has 8 heteroatoms. The van der Waals surface area contributed by atoms with E-state index in [9.17, 15) is 14.0 Å². The second-order valence-corrected chi connectivity index (χ2v) is 7.98. The van der Waals surface area contributed by atoms with Crippen molar-refractivity contribution >= 4 is 28.5 Å². The molecule has 0 aliphatic heterocycles. The van der Waals surface area contributed by atoms with E-state index in [0.29, 0.717) is 40.3 Å². The van der Waals surface area contributed by atoms with Crippen LogP contribution in [0.5, 0.6) is 0 Å². The molecular weight excluding hydrogens is 432 g/mol. The monoisotopic (exact) mass is 457 g/mol. The van der Waals surface area contributed by atoms with Gasteiger partial charge in [-0.25, -0.2) is 23.7 Å². The van der Waals surface area contributed by atoms with Crippen molar-refractivity contribution in [3.05, 3.63) is 58.0 Å². The molecule has 0 atom stereocenters. The zero-order valence-electron chi connectivity index (χ0n) is 18.6. The van der Waals surface area contributed by atoms with Crippen LogP contribution in [0.2, 0.25) is 5.15 Å². The first-order valence-corrected chi connectivity index (χ1v) is 11.1. The van der Waals surface area contributed by atoms with E-state index >= 15 is 0 Å². The van der Waals surface area contributed by atoms with E-state index in [-0.39, 0.29) is 17.1 Å². The van der Waals surface area contributed by atoms with Gasteiger partial charge in [0.25, 0.3) is 5.92 Å². The number of anilines is 1. The number of pyridine rings is 1. The Morgan fingerprint density at radius 2 is 1.91 bits per heavy atom. The minimum atomic E-state index is -2.86. The van der Waals surface area contributed by atoms with Crippen LogP contribution in [0.4, 0.5) is 14.6 Å². The van der Waals surface area contributed by atoms with Crippen LogP contribution < -0.4 is 5.32 Å². The van der Waals surface area contributed by atoms with Gasteiger partial charge in [-0.3, -0.25) is 0 Å². The van der Waals surface area contributed by atoms with E-state index < -0.39 is 11.3 Å². The van der Waals surface area contributed by atoms with Gasteiger partial charge in [-0.15, -0.1) is 0 Å². The van der Waals surface area contributed by atoms with E-state index in [1.54, 1.807) is 19.1 Å². The smallest absolute Gasteiger partial charge is 0.273 e. The highest BCUT2D eigenvalue weighted by atomic mass is 35.5. The Hall–Kier alpha value is -2.85. The molecule has 0 saturated heterocycles. The fourth-order valence-electron chi connectivity index (χ4n) is 3.48. The van der Waals surface area contributed by atoms with Crippen molar-refractivity contribution in [2.24, 2.45) is 0 Å². The molecule has 1 aliphatic rings. The first-order valence-electron chi connectivity index (χ1n) is 10.8. The fourth-order valence-corrected chi connectivity index (χ4v) is 3.79. The first-order chi connectivity index (χ1) is 15.3. The molecule has 168 valence electrons. The number of nitriles is 1. The molecule has 1 fully saturated rings. The largest absolute Gasteiger partial charge is 0.365 e. The molecule has 3 aromatic rings. The van der Waals surface area contributed by atoms with Gasteiger partial charge in [-0.05, 0) is 37.5 Å². The van der Waals surface area contributed by atoms with Crippen molar-refractivity contribution in [1.29, 1.82) is 5.26 Å². The van der Waals surface area contributed by atoms with E-state index in [0.717, 1.165) is 12.8 Å². The number of alkyl halides is 2. The third kappa shape index (κ3) is 4.66. The number of benzene rings is 1. The third-order valence-corrected chi connectivity index (χ3v) is 5.77. The molecule has 0 amide bonds. The second-order valence-electron chi connectivity index (χ2n) is 7.62. The Labute approximate surface area is 191 Å². The number of hydrogen-bond donors (Lipinski definition) is 1. The van der Waals surface area contributed by atoms with Crippen molar-refractivity contribution < 1.29 is 8.78 Å². The maximum absolute atomic E-state index is 14.0. The van der Waals surface area contributed by atoms with Gasteiger partial charge >= 0.3 is 0 Å². The lowest BCUT2D eigenvalue weighted by molar-refractivity contribution is -0.00835. The van der Waals surface area contributed by atoms with Crippen molar-refractivity contribution in [2.45, 2.75) is 64.8 Å². The van der Waals surface area contributed by atoms with Gasteiger partial charge < -0.3 is 5.32 Å². The van der Waals surface area contributed by atoms with Gasteiger partial charge in [-0.1, -0.05) is 50.6 Å². The molecular formula is C24H26ClF2N5. The summed E-state index contributed by atoms with van der Waals surface area (Å²) in [6.07, 6.45) is 1.23. The maximum atomic E-state index is 14.0. The average molecular weight is 458 g/mol. The third-order valence-electron chi connectivity index (χ3n) is 5.49. The molecule has 2 heterocycles. The average Bonchev–Trinajstić information content (AvgIpc) is 3.59. The van der Waals surface area contributed by atoms with Gasteiger partial charge in [-0.2, -0.15) is 5.26 Å². The minimum Gasteiger partial charge on any atom is -0.365 e. The highest BCUT2D eigenvalue weighted by Crippen LogP contribution is 2.50. The second kappa shape index (κ2) is 9.33. The lowest BCUT2D eigenvalue weighted by atomic mass is 9.98. The van der Waals surface area contributed by atoms with Crippen LogP contribution in [-0.4, -0.2) is 15.0 Å². The van der Waals surface area contributed by atoms with E-state index in [1.165, 1.54) is 19.1 Å². The molecule has 0 spiro atoms. The van der Waals surface area contributed by atoms with E-state index in [2.05, 4.69) is 26.3 Å². The lowest BCUT2D eigenvalue weighted by Gasteiger charge is -2.16. The van der Waals surface area contributed by atoms with Crippen LogP contribution in [0.3, 0.4) is 0 Å². The number of aryl methyl sites for hydroxylation is 1. The van der Waals surface area contributed by atoms with Crippen molar-refractivity contribution in [3.8, 4) is 6.07 Å². The van der Waals surface area contributed by atoms with Crippen LogP contribution in [0.25, 0.3) is 11.0 Å². The number of halogens is 3. The zero-order valence-corrected chi connectivity index (χ0v) is 19.4. The Bertz CT molecular complexity index is 1170. The highest BCUT2D eigenvalue weighted by Gasteiger charge is 2.47. The van der Waals surface area contributed by atoms with Crippen LogP contribution in [0.1, 0.15) is 62.5 Å². The Morgan fingerprint density at radius 1 is 1.19 bits per heavy atom. The SMILES string of the molecule is CC.CCC(F)(F)c1cccc(CNc2nc(C)nc3nc(Cl)c(C4(C#N)CC4)cc23)c1. The first kappa shape index (κ1) is 23.8. The predicted molar refractivity (Wildman–Crippen MR) is 123 cm³/mol. The molecule has 4 rings (SSSR count).